The van der Waals surface area contributed by atoms with Gasteiger partial charge in [0.05, 0.1) is 4.47 Å². The number of phenols is 2. The van der Waals surface area contributed by atoms with Gasteiger partial charge in [0, 0.05) is 6.42 Å². The van der Waals surface area contributed by atoms with Crippen molar-refractivity contribution in [2.45, 2.75) is 26.2 Å². The summed E-state index contributed by atoms with van der Waals surface area (Å²) in [5.74, 6) is -1.21. The highest BCUT2D eigenvalue weighted by Crippen LogP contribution is 2.38. The van der Waals surface area contributed by atoms with Crippen LogP contribution in [0, 0.1) is 6.92 Å². The highest BCUT2D eigenvalue weighted by molar-refractivity contribution is 9.10. The minimum absolute atomic E-state index is 0.0908. The van der Waals surface area contributed by atoms with E-state index in [0.717, 1.165) is 11.1 Å². The van der Waals surface area contributed by atoms with Crippen molar-refractivity contribution in [2.75, 3.05) is 0 Å². The molecule has 0 saturated heterocycles. The molecule has 0 amide bonds. The lowest BCUT2D eigenvalue weighted by atomic mass is 10.0. The molecule has 0 atom stereocenters. The number of carboxylic acid groups (broad SMARTS) is 1. The molecule has 1 aromatic carbocycles. The van der Waals surface area contributed by atoms with Gasteiger partial charge in [0.25, 0.3) is 0 Å². The van der Waals surface area contributed by atoms with E-state index in [-0.39, 0.29) is 17.9 Å². The van der Waals surface area contributed by atoms with Crippen molar-refractivity contribution in [1.29, 1.82) is 0 Å². The normalized spacial score (nSPS) is 10.4. The second-order valence-corrected chi connectivity index (χ2v) is 4.39. The molecule has 0 unspecified atom stereocenters. The number of halogens is 1. The van der Waals surface area contributed by atoms with Crippen LogP contribution in [0.3, 0.4) is 0 Å². The van der Waals surface area contributed by atoms with Gasteiger partial charge in [-0.15, -0.1) is 0 Å². The third-order valence-electron chi connectivity index (χ3n) is 2.36. The number of rotatable bonds is 4. The standard InChI is InChI=1S/C11H13BrO4/c1-6-5-8(13)11(16)10(12)7(6)3-2-4-9(14)15/h5,13,16H,2-4H2,1H3,(H,14,15). The van der Waals surface area contributed by atoms with Gasteiger partial charge in [-0.3, -0.25) is 4.79 Å². The first kappa shape index (κ1) is 12.8. The van der Waals surface area contributed by atoms with Crippen LogP contribution in [0.5, 0.6) is 11.5 Å². The van der Waals surface area contributed by atoms with Crippen molar-refractivity contribution in [2.24, 2.45) is 0 Å². The van der Waals surface area contributed by atoms with Crippen molar-refractivity contribution in [3.05, 3.63) is 21.7 Å². The summed E-state index contributed by atoms with van der Waals surface area (Å²) in [6.07, 6.45) is 1.14. The maximum atomic E-state index is 10.4. The molecule has 0 aromatic heterocycles. The Balaban J connectivity index is 2.87. The maximum Gasteiger partial charge on any atom is 0.303 e. The topological polar surface area (TPSA) is 77.8 Å². The summed E-state index contributed by atoms with van der Waals surface area (Å²) in [5.41, 5.74) is 1.66. The number of benzene rings is 1. The Morgan fingerprint density at radius 1 is 1.44 bits per heavy atom. The van der Waals surface area contributed by atoms with E-state index in [1.54, 1.807) is 6.92 Å². The molecular formula is C11H13BrO4. The fourth-order valence-corrected chi connectivity index (χ4v) is 2.23. The lowest BCUT2D eigenvalue weighted by Gasteiger charge is -2.11. The Morgan fingerprint density at radius 3 is 2.62 bits per heavy atom. The second kappa shape index (κ2) is 5.21. The first-order valence-electron chi connectivity index (χ1n) is 4.85. The molecule has 88 valence electrons. The van der Waals surface area contributed by atoms with Gasteiger partial charge in [0.15, 0.2) is 11.5 Å². The summed E-state index contributed by atoms with van der Waals surface area (Å²) in [4.78, 5) is 10.4. The molecule has 0 bridgehead atoms. The zero-order valence-corrected chi connectivity index (χ0v) is 10.4. The van der Waals surface area contributed by atoms with Gasteiger partial charge in [0.1, 0.15) is 0 Å². The number of hydrogen-bond acceptors (Lipinski definition) is 3. The summed E-state index contributed by atoms with van der Waals surface area (Å²) in [5, 5.41) is 27.4. The Kier molecular flexibility index (Phi) is 4.18. The fourth-order valence-electron chi connectivity index (χ4n) is 1.51. The van der Waals surface area contributed by atoms with Crippen molar-refractivity contribution >= 4 is 21.9 Å². The van der Waals surface area contributed by atoms with Gasteiger partial charge in [-0.2, -0.15) is 0 Å². The first-order valence-corrected chi connectivity index (χ1v) is 5.64. The number of carboxylic acids is 1. The summed E-state index contributed by atoms with van der Waals surface area (Å²) in [6, 6.07) is 1.47. The molecular weight excluding hydrogens is 276 g/mol. The summed E-state index contributed by atoms with van der Waals surface area (Å²) >= 11 is 3.19. The monoisotopic (exact) mass is 288 g/mol. The van der Waals surface area contributed by atoms with E-state index in [1.807, 2.05) is 0 Å². The Bertz CT molecular complexity index is 415. The Labute approximate surface area is 102 Å². The molecule has 0 heterocycles. The number of hydrogen-bond donors (Lipinski definition) is 3. The summed E-state index contributed by atoms with van der Waals surface area (Å²) in [6.45, 7) is 1.81. The minimum atomic E-state index is -0.836. The van der Waals surface area contributed by atoms with E-state index in [2.05, 4.69) is 15.9 Å². The van der Waals surface area contributed by atoms with E-state index >= 15 is 0 Å². The van der Waals surface area contributed by atoms with E-state index in [0.29, 0.717) is 17.3 Å². The molecule has 0 radical (unpaired) electrons. The zero-order chi connectivity index (χ0) is 12.3. The average molecular weight is 289 g/mol. The molecule has 0 spiro atoms. The minimum Gasteiger partial charge on any atom is -0.504 e. The number of phenolic OH excluding ortho intramolecular Hbond substituents is 2. The van der Waals surface area contributed by atoms with Crippen LogP contribution >= 0.6 is 15.9 Å². The van der Waals surface area contributed by atoms with Crippen molar-refractivity contribution in [3.63, 3.8) is 0 Å². The molecule has 4 nitrogen and oxygen atoms in total. The van der Waals surface area contributed by atoms with Gasteiger partial charge in [-0.1, -0.05) is 0 Å². The van der Waals surface area contributed by atoms with Gasteiger partial charge < -0.3 is 15.3 Å². The highest BCUT2D eigenvalue weighted by Gasteiger charge is 2.13. The summed E-state index contributed by atoms with van der Waals surface area (Å²) in [7, 11) is 0. The molecule has 16 heavy (non-hydrogen) atoms. The van der Waals surface area contributed by atoms with E-state index in [9.17, 15) is 15.0 Å². The van der Waals surface area contributed by atoms with Crippen LogP contribution in [-0.2, 0) is 11.2 Å². The fraction of sp³-hybridized carbons (Fsp3) is 0.364. The average Bonchev–Trinajstić information content (AvgIpc) is 2.19. The Hall–Kier alpha value is -1.23. The lowest BCUT2D eigenvalue weighted by Crippen LogP contribution is -1.98. The van der Waals surface area contributed by atoms with Gasteiger partial charge in [-0.25, -0.2) is 0 Å². The lowest BCUT2D eigenvalue weighted by molar-refractivity contribution is -0.137. The highest BCUT2D eigenvalue weighted by atomic mass is 79.9. The Morgan fingerprint density at radius 2 is 2.06 bits per heavy atom. The predicted octanol–water partition coefficient (Wildman–Crippen LogP) is 2.58. The first-order chi connectivity index (χ1) is 7.43. The zero-order valence-electron chi connectivity index (χ0n) is 8.83. The molecule has 1 rings (SSSR count). The van der Waals surface area contributed by atoms with E-state index < -0.39 is 5.97 Å². The van der Waals surface area contributed by atoms with Crippen molar-refractivity contribution in [3.8, 4) is 11.5 Å². The number of aryl methyl sites for hydroxylation is 1. The molecule has 0 aliphatic heterocycles. The van der Waals surface area contributed by atoms with Crippen LogP contribution in [0.25, 0.3) is 0 Å². The molecule has 0 aliphatic rings. The SMILES string of the molecule is Cc1cc(O)c(O)c(Br)c1CCCC(=O)O. The molecule has 5 heteroatoms. The van der Waals surface area contributed by atoms with Crippen LogP contribution in [0.1, 0.15) is 24.0 Å². The van der Waals surface area contributed by atoms with Crippen LogP contribution in [0.2, 0.25) is 0 Å². The van der Waals surface area contributed by atoms with Crippen LogP contribution in [0.15, 0.2) is 10.5 Å². The molecule has 0 aliphatic carbocycles. The molecule has 3 N–H and O–H groups in total. The second-order valence-electron chi connectivity index (χ2n) is 3.60. The van der Waals surface area contributed by atoms with Crippen molar-refractivity contribution < 1.29 is 20.1 Å². The third-order valence-corrected chi connectivity index (χ3v) is 3.22. The predicted molar refractivity (Wildman–Crippen MR) is 62.8 cm³/mol. The third kappa shape index (κ3) is 2.88. The quantitative estimate of drug-likeness (QED) is 0.744. The maximum absolute atomic E-state index is 10.4. The van der Waals surface area contributed by atoms with E-state index in [4.69, 9.17) is 5.11 Å². The smallest absolute Gasteiger partial charge is 0.303 e. The van der Waals surface area contributed by atoms with Crippen LogP contribution in [-0.4, -0.2) is 21.3 Å². The number of aromatic hydroxyl groups is 2. The summed E-state index contributed by atoms with van der Waals surface area (Å²) < 4.78 is 0.440. The van der Waals surface area contributed by atoms with Gasteiger partial charge in [-0.05, 0) is 52.9 Å². The van der Waals surface area contributed by atoms with Crippen LogP contribution < -0.4 is 0 Å². The molecule has 0 saturated carbocycles. The number of aliphatic carboxylic acids is 1. The molecule has 1 aromatic rings. The van der Waals surface area contributed by atoms with Crippen LogP contribution in [0.4, 0.5) is 0 Å². The van der Waals surface area contributed by atoms with E-state index in [1.165, 1.54) is 6.07 Å². The van der Waals surface area contributed by atoms with Gasteiger partial charge in [0.2, 0.25) is 0 Å². The van der Waals surface area contributed by atoms with Crippen molar-refractivity contribution in [1.82, 2.24) is 0 Å². The largest absolute Gasteiger partial charge is 0.504 e. The molecule has 0 fully saturated rings. The number of carbonyl (C=O) groups is 1. The van der Waals surface area contributed by atoms with Gasteiger partial charge >= 0.3 is 5.97 Å².